The van der Waals surface area contributed by atoms with E-state index in [1.807, 2.05) is 19.9 Å². The second-order valence-corrected chi connectivity index (χ2v) is 7.61. The van der Waals surface area contributed by atoms with Crippen molar-refractivity contribution >= 4 is 39.4 Å². The molecule has 0 spiro atoms. The van der Waals surface area contributed by atoms with Crippen molar-refractivity contribution in [1.82, 2.24) is 4.83 Å². The molecule has 0 saturated heterocycles. The first-order valence-electron chi connectivity index (χ1n) is 7.05. The van der Waals surface area contributed by atoms with E-state index in [0.29, 0.717) is 11.3 Å². The van der Waals surface area contributed by atoms with Gasteiger partial charge >= 0.3 is 0 Å². The summed E-state index contributed by atoms with van der Waals surface area (Å²) in [5.74, 6) is 0.608. The number of sulfonamides is 1. The Morgan fingerprint density at radius 1 is 1.17 bits per heavy atom. The number of para-hydroxylation sites is 1. The molecule has 0 radical (unpaired) electrons. The van der Waals surface area contributed by atoms with Gasteiger partial charge in [0.25, 0.3) is 10.0 Å². The second-order valence-electron chi connectivity index (χ2n) is 5.13. The summed E-state index contributed by atoms with van der Waals surface area (Å²) in [6.07, 6.45) is 1.36. The van der Waals surface area contributed by atoms with Crippen LogP contribution in [0, 0.1) is 0 Å². The van der Waals surface area contributed by atoms with Gasteiger partial charge in [-0.05, 0) is 44.2 Å². The number of nitrogens with one attached hydrogen (secondary N) is 1. The highest BCUT2D eigenvalue weighted by atomic mass is 35.5. The molecule has 8 heteroatoms. The van der Waals surface area contributed by atoms with Crippen molar-refractivity contribution in [1.29, 1.82) is 0 Å². The maximum atomic E-state index is 12.3. The number of hydrogen-bond donors (Lipinski definition) is 1. The smallest absolute Gasteiger partial charge is 0.278 e. The number of benzene rings is 2. The first-order chi connectivity index (χ1) is 11.3. The van der Waals surface area contributed by atoms with Gasteiger partial charge in [0.05, 0.1) is 17.3 Å². The summed E-state index contributed by atoms with van der Waals surface area (Å²) in [5.41, 5.74) is 0.645. The molecule has 0 heterocycles. The molecule has 128 valence electrons. The first kappa shape index (κ1) is 18.6. The average molecular weight is 387 g/mol. The maximum Gasteiger partial charge on any atom is 0.278 e. The van der Waals surface area contributed by atoms with Crippen LogP contribution < -0.4 is 9.57 Å². The standard InChI is InChI=1S/C16H16Cl2N2O3S/c1-11(2)23-15-6-4-3-5-12(15)10-19-20-24(21,22)16-9-13(17)7-8-14(16)18/h3-11,20H,1-2H3/b19-10+. The molecule has 0 aliphatic rings. The van der Waals surface area contributed by atoms with Crippen LogP contribution in [0.1, 0.15) is 19.4 Å². The Morgan fingerprint density at radius 3 is 2.58 bits per heavy atom. The fourth-order valence-corrected chi connectivity index (χ4v) is 3.40. The van der Waals surface area contributed by atoms with Crippen LogP contribution in [-0.2, 0) is 10.0 Å². The fourth-order valence-electron chi connectivity index (χ4n) is 1.85. The molecule has 2 aromatic carbocycles. The van der Waals surface area contributed by atoms with Gasteiger partial charge in [-0.1, -0.05) is 35.3 Å². The van der Waals surface area contributed by atoms with Crippen LogP contribution in [0.4, 0.5) is 0 Å². The van der Waals surface area contributed by atoms with E-state index in [0.717, 1.165) is 0 Å². The molecular weight excluding hydrogens is 371 g/mol. The Labute approximate surface area is 151 Å². The number of hydrogen-bond acceptors (Lipinski definition) is 4. The number of halogens is 2. The summed E-state index contributed by atoms with van der Waals surface area (Å²) in [4.78, 5) is 1.98. The summed E-state index contributed by atoms with van der Waals surface area (Å²) in [5, 5.41) is 4.11. The Morgan fingerprint density at radius 2 is 1.88 bits per heavy atom. The lowest BCUT2D eigenvalue weighted by molar-refractivity contribution is 0.242. The molecule has 24 heavy (non-hydrogen) atoms. The van der Waals surface area contributed by atoms with Crippen LogP contribution in [0.2, 0.25) is 10.0 Å². The van der Waals surface area contributed by atoms with Gasteiger partial charge in [0.1, 0.15) is 10.6 Å². The van der Waals surface area contributed by atoms with E-state index in [9.17, 15) is 8.42 Å². The molecule has 0 bridgehead atoms. The fraction of sp³-hybridized carbons (Fsp3) is 0.188. The summed E-state index contributed by atoms with van der Waals surface area (Å²) >= 11 is 11.7. The lowest BCUT2D eigenvalue weighted by Gasteiger charge is -2.11. The molecule has 1 N–H and O–H groups in total. The Balaban J connectivity index is 2.21. The van der Waals surface area contributed by atoms with Crippen LogP contribution in [0.5, 0.6) is 5.75 Å². The van der Waals surface area contributed by atoms with E-state index in [1.165, 1.54) is 24.4 Å². The van der Waals surface area contributed by atoms with E-state index in [1.54, 1.807) is 18.2 Å². The third-order valence-electron chi connectivity index (χ3n) is 2.84. The highest BCUT2D eigenvalue weighted by Gasteiger charge is 2.17. The largest absolute Gasteiger partial charge is 0.490 e. The number of rotatable bonds is 6. The zero-order valence-electron chi connectivity index (χ0n) is 13.0. The molecule has 0 unspecified atom stereocenters. The Kier molecular flexibility index (Phi) is 6.10. The van der Waals surface area contributed by atoms with E-state index in [2.05, 4.69) is 9.93 Å². The number of hydrazone groups is 1. The van der Waals surface area contributed by atoms with E-state index >= 15 is 0 Å². The summed E-state index contributed by atoms with van der Waals surface area (Å²) in [7, 11) is -3.92. The van der Waals surface area contributed by atoms with Crippen LogP contribution in [0.3, 0.4) is 0 Å². The summed E-state index contributed by atoms with van der Waals surface area (Å²) < 4.78 is 30.2. The van der Waals surface area contributed by atoms with Gasteiger partial charge in [0.15, 0.2) is 0 Å². The molecule has 0 aromatic heterocycles. The van der Waals surface area contributed by atoms with Gasteiger partial charge in [-0.3, -0.25) is 0 Å². The number of nitrogens with zero attached hydrogens (tertiary/aromatic N) is 1. The lowest BCUT2D eigenvalue weighted by Crippen LogP contribution is -2.19. The van der Waals surface area contributed by atoms with Crippen LogP contribution in [-0.4, -0.2) is 20.7 Å². The van der Waals surface area contributed by atoms with Crippen LogP contribution in [0.15, 0.2) is 52.5 Å². The second kappa shape index (κ2) is 7.88. The maximum absolute atomic E-state index is 12.3. The van der Waals surface area contributed by atoms with Gasteiger partial charge in [0, 0.05) is 10.6 Å². The molecule has 5 nitrogen and oxygen atoms in total. The predicted octanol–water partition coefficient (Wildman–Crippen LogP) is 4.09. The van der Waals surface area contributed by atoms with Crippen LogP contribution >= 0.6 is 23.2 Å². The highest BCUT2D eigenvalue weighted by Crippen LogP contribution is 2.24. The Bertz CT molecular complexity index is 852. The monoisotopic (exact) mass is 386 g/mol. The predicted molar refractivity (Wildman–Crippen MR) is 96.6 cm³/mol. The van der Waals surface area contributed by atoms with Gasteiger partial charge < -0.3 is 4.74 Å². The van der Waals surface area contributed by atoms with Crippen molar-refractivity contribution in [3.05, 3.63) is 58.1 Å². The van der Waals surface area contributed by atoms with Crippen molar-refractivity contribution in [3.63, 3.8) is 0 Å². The summed E-state index contributed by atoms with van der Waals surface area (Å²) in [6.45, 7) is 3.80. The molecule has 0 aliphatic heterocycles. The summed E-state index contributed by atoms with van der Waals surface area (Å²) in [6, 6.07) is 11.4. The van der Waals surface area contributed by atoms with E-state index in [-0.39, 0.29) is 21.0 Å². The van der Waals surface area contributed by atoms with E-state index < -0.39 is 10.0 Å². The van der Waals surface area contributed by atoms with Gasteiger partial charge in [-0.25, -0.2) is 4.83 Å². The molecule has 0 aliphatic carbocycles. The highest BCUT2D eigenvalue weighted by molar-refractivity contribution is 7.89. The van der Waals surface area contributed by atoms with E-state index in [4.69, 9.17) is 27.9 Å². The third kappa shape index (κ3) is 4.87. The number of ether oxygens (including phenoxy) is 1. The van der Waals surface area contributed by atoms with Gasteiger partial charge in [0.2, 0.25) is 0 Å². The minimum Gasteiger partial charge on any atom is -0.490 e. The van der Waals surface area contributed by atoms with Crippen molar-refractivity contribution in [3.8, 4) is 5.75 Å². The molecule has 0 atom stereocenters. The molecule has 0 amide bonds. The lowest BCUT2D eigenvalue weighted by atomic mass is 10.2. The Hall–Kier alpha value is -1.76. The van der Waals surface area contributed by atoms with Gasteiger partial charge in [-0.15, -0.1) is 0 Å². The van der Waals surface area contributed by atoms with Crippen molar-refractivity contribution in [2.75, 3.05) is 0 Å². The first-order valence-corrected chi connectivity index (χ1v) is 9.29. The van der Waals surface area contributed by atoms with Crippen molar-refractivity contribution in [2.45, 2.75) is 24.8 Å². The third-order valence-corrected chi connectivity index (χ3v) is 4.78. The normalized spacial score (nSPS) is 11.9. The van der Waals surface area contributed by atoms with Crippen LogP contribution in [0.25, 0.3) is 0 Å². The minimum absolute atomic E-state index is 0.0125. The minimum atomic E-state index is -3.92. The molecule has 0 saturated carbocycles. The molecule has 0 fully saturated rings. The molecule has 2 aromatic rings. The quantitative estimate of drug-likeness (QED) is 0.600. The zero-order chi connectivity index (χ0) is 17.7. The van der Waals surface area contributed by atoms with Gasteiger partial charge in [-0.2, -0.15) is 13.5 Å². The average Bonchev–Trinajstić information content (AvgIpc) is 2.50. The van der Waals surface area contributed by atoms with Crippen molar-refractivity contribution in [2.24, 2.45) is 5.10 Å². The molecule has 2 rings (SSSR count). The SMILES string of the molecule is CC(C)Oc1ccccc1/C=N/NS(=O)(=O)c1cc(Cl)ccc1Cl. The topological polar surface area (TPSA) is 67.8 Å². The molecular formula is C16H16Cl2N2O3S. The van der Waals surface area contributed by atoms with Crippen molar-refractivity contribution < 1.29 is 13.2 Å². The zero-order valence-corrected chi connectivity index (χ0v) is 15.4.